The van der Waals surface area contributed by atoms with Crippen molar-refractivity contribution in [3.63, 3.8) is 0 Å². The summed E-state index contributed by atoms with van der Waals surface area (Å²) in [5, 5.41) is 25.6. The van der Waals surface area contributed by atoms with Crippen molar-refractivity contribution >= 4 is 11.8 Å². The lowest BCUT2D eigenvalue weighted by atomic mass is 9.93. The van der Waals surface area contributed by atoms with E-state index in [4.69, 9.17) is 5.26 Å². The summed E-state index contributed by atoms with van der Waals surface area (Å²) in [6.45, 7) is 5.34. The van der Waals surface area contributed by atoms with Gasteiger partial charge in [0.05, 0.1) is 5.69 Å². The third-order valence-electron chi connectivity index (χ3n) is 3.31. The van der Waals surface area contributed by atoms with Crippen LogP contribution in [0.5, 0.6) is 0 Å². The van der Waals surface area contributed by atoms with Gasteiger partial charge < -0.3 is 10.4 Å². The van der Waals surface area contributed by atoms with Crippen molar-refractivity contribution in [2.24, 2.45) is 7.05 Å². The molecule has 6 heteroatoms. The Morgan fingerprint density at radius 1 is 1.56 bits per heavy atom. The number of anilines is 1. The Balaban J connectivity index is 3.25. The fraction of sp³-hybridized carbons (Fsp3) is 0.583. The van der Waals surface area contributed by atoms with E-state index in [9.17, 15) is 9.90 Å². The van der Waals surface area contributed by atoms with Crippen LogP contribution in [0.15, 0.2) is 0 Å². The zero-order valence-corrected chi connectivity index (χ0v) is 11.1. The van der Waals surface area contributed by atoms with E-state index in [0.29, 0.717) is 29.9 Å². The van der Waals surface area contributed by atoms with E-state index in [0.717, 1.165) is 0 Å². The fourth-order valence-electron chi connectivity index (χ4n) is 1.94. The van der Waals surface area contributed by atoms with Crippen LogP contribution in [0.4, 0.5) is 5.82 Å². The summed E-state index contributed by atoms with van der Waals surface area (Å²) in [5.41, 5.74) is -0.0785. The molecule has 1 aromatic heterocycles. The highest BCUT2D eigenvalue weighted by Gasteiger charge is 2.36. The van der Waals surface area contributed by atoms with E-state index in [1.807, 2.05) is 0 Å². The van der Waals surface area contributed by atoms with Gasteiger partial charge in [-0.25, -0.2) is 4.79 Å². The number of aliphatic carboxylic acids is 1. The molecule has 0 fully saturated rings. The normalized spacial score (nSPS) is 11.1. The standard InChI is InChI=1S/C12H18N4O2/c1-5-12(6-2,11(17)18)14-10-9(7-13)8(3)15-16(10)4/h14H,5-6H2,1-4H3,(H,17,18). The van der Waals surface area contributed by atoms with E-state index in [-0.39, 0.29) is 0 Å². The van der Waals surface area contributed by atoms with Crippen LogP contribution in [0, 0.1) is 18.3 Å². The first kappa shape index (κ1) is 14.0. The van der Waals surface area contributed by atoms with Crippen LogP contribution in [-0.2, 0) is 11.8 Å². The number of nitrogens with one attached hydrogen (secondary N) is 1. The van der Waals surface area contributed by atoms with Crippen molar-refractivity contribution in [1.82, 2.24) is 9.78 Å². The third kappa shape index (κ3) is 2.16. The van der Waals surface area contributed by atoms with Gasteiger partial charge in [0.15, 0.2) is 0 Å². The quantitative estimate of drug-likeness (QED) is 0.829. The fourth-order valence-corrected chi connectivity index (χ4v) is 1.94. The second-order valence-electron chi connectivity index (χ2n) is 4.26. The molecule has 0 aliphatic carbocycles. The summed E-state index contributed by atoms with van der Waals surface area (Å²) in [7, 11) is 1.69. The summed E-state index contributed by atoms with van der Waals surface area (Å²) in [6, 6.07) is 2.06. The average molecular weight is 250 g/mol. The van der Waals surface area contributed by atoms with Gasteiger partial charge in [0.1, 0.15) is 23.0 Å². The predicted molar refractivity (Wildman–Crippen MR) is 67.2 cm³/mol. The van der Waals surface area contributed by atoms with Crippen LogP contribution in [0.25, 0.3) is 0 Å². The molecule has 0 aliphatic heterocycles. The Morgan fingerprint density at radius 2 is 2.11 bits per heavy atom. The molecule has 6 nitrogen and oxygen atoms in total. The molecule has 2 N–H and O–H groups in total. The first-order valence-electron chi connectivity index (χ1n) is 5.87. The van der Waals surface area contributed by atoms with Crippen molar-refractivity contribution < 1.29 is 9.90 Å². The SMILES string of the molecule is CCC(CC)(Nc1c(C#N)c(C)nn1C)C(=O)O. The number of nitrogens with zero attached hydrogens (tertiary/aromatic N) is 3. The number of aromatic nitrogens is 2. The van der Waals surface area contributed by atoms with Crippen LogP contribution < -0.4 is 5.32 Å². The number of rotatable bonds is 5. The number of nitriles is 1. The molecule has 1 rings (SSSR count). The van der Waals surface area contributed by atoms with E-state index < -0.39 is 11.5 Å². The zero-order valence-electron chi connectivity index (χ0n) is 11.1. The lowest BCUT2D eigenvalue weighted by Gasteiger charge is -2.29. The molecule has 1 aromatic rings. The van der Waals surface area contributed by atoms with Crippen LogP contribution in [0.3, 0.4) is 0 Å². The van der Waals surface area contributed by atoms with Gasteiger partial charge in [-0.3, -0.25) is 4.68 Å². The van der Waals surface area contributed by atoms with Gasteiger partial charge in [-0.2, -0.15) is 10.4 Å². The highest BCUT2D eigenvalue weighted by molar-refractivity contribution is 5.83. The Bertz CT molecular complexity index is 495. The molecule has 18 heavy (non-hydrogen) atoms. The largest absolute Gasteiger partial charge is 0.480 e. The van der Waals surface area contributed by atoms with E-state index in [2.05, 4.69) is 16.5 Å². The van der Waals surface area contributed by atoms with Gasteiger partial charge in [0, 0.05) is 7.05 Å². The molecule has 0 aliphatic rings. The van der Waals surface area contributed by atoms with Crippen LogP contribution >= 0.6 is 0 Å². The highest BCUT2D eigenvalue weighted by Crippen LogP contribution is 2.26. The minimum Gasteiger partial charge on any atom is -0.480 e. The maximum absolute atomic E-state index is 11.4. The van der Waals surface area contributed by atoms with Crippen LogP contribution in [0.1, 0.15) is 37.9 Å². The summed E-state index contributed by atoms with van der Waals surface area (Å²) < 4.78 is 1.51. The van der Waals surface area contributed by atoms with Crippen molar-refractivity contribution in [3.8, 4) is 6.07 Å². The number of carbonyl (C=O) groups is 1. The molecule has 0 aromatic carbocycles. The van der Waals surface area contributed by atoms with Crippen molar-refractivity contribution in [1.29, 1.82) is 5.26 Å². The van der Waals surface area contributed by atoms with Gasteiger partial charge in [-0.05, 0) is 19.8 Å². The Kier molecular flexibility index (Phi) is 3.96. The first-order chi connectivity index (χ1) is 8.41. The Labute approximate surface area is 106 Å². The minimum atomic E-state index is -1.06. The molecule has 0 atom stereocenters. The molecule has 0 radical (unpaired) electrons. The number of carboxylic acid groups (broad SMARTS) is 1. The summed E-state index contributed by atoms with van der Waals surface area (Å²) >= 11 is 0. The highest BCUT2D eigenvalue weighted by atomic mass is 16.4. The molecule has 0 saturated heterocycles. The number of aryl methyl sites for hydroxylation is 2. The lowest BCUT2D eigenvalue weighted by molar-refractivity contribution is -0.142. The predicted octanol–water partition coefficient (Wildman–Crippen LogP) is 1.66. The van der Waals surface area contributed by atoms with Crippen LogP contribution in [-0.4, -0.2) is 26.4 Å². The Morgan fingerprint density at radius 3 is 2.50 bits per heavy atom. The van der Waals surface area contributed by atoms with Gasteiger partial charge in [0.2, 0.25) is 0 Å². The third-order valence-corrected chi connectivity index (χ3v) is 3.31. The summed E-state index contributed by atoms with van der Waals surface area (Å²) in [4.78, 5) is 11.4. The van der Waals surface area contributed by atoms with Gasteiger partial charge in [0.25, 0.3) is 0 Å². The average Bonchev–Trinajstić information content (AvgIpc) is 2.59. The van der Waals surface area contributed by atoms with E-state index in [1.54, 1.807) is 27.8 Å². The molecule has 0 spiro atoms. The Hall–Kier alpha value is -2.03. The minimum absolute atomic E-state index is 0.394. The molecule has 0 saturated carbocycles. The maximum atomic E-state index is 11.4. The van der Waals surface area contributed by atoms with Crippen molar-refractivity contribution in [2.45, 2.75) is 39.2 Å². The van der Waals surface area contributed by atoms with Crippen molar-refractivity contribution in [2.75, 3.05) is 5.32 Å². The smallest absolute Gasteiger partial charge is 0.329 e. The van der Waals surface area contributed by atoms with Crippen molar-refractivity contribution in [3.05, 3.63) is 11.3 Å². The molecular weight excluding hydrogens is 232 g/mol. The molecule has 0 amide bonds. The van der Waals surface area contributed by atoms with Gasteiger partial charge in [-0.15, -0.1) is 0 Å². The topological polar surface area (TPSA) is 90.9 Å². The van der Waals surface area contributed by atoms with E-state index in [1.165, 1.54) is 4.68 Å². The maximum Gasteiger partial charge on any atom is 0.329 e. The molecule has 0 unspecified atom stereocenters. The summed E-state index contributed by atoms with van der Waals surface area (Å²) in [6.07, 6.45) is 0.849. The lowest BCUT2D eigenvalue weighted by Crippen LogP contribution is -2.46. The van der Waals surface area contributed by atoms with Crippen LogP contribution in [0.2, 0.25) is 0 Å². The van der Waals surface area contributed by atoms with Gasteiger partial charge in [-0.1, -0.05) is 13.8 Å². The monoisotopic (exact) mass is 250 g/mol. The molecule has 98 valence electrons. The molecule has 0 bridgehead atoms. The number of carboxylic acids is 1. The molecular formula is C12H18N4O2. The molecule has 1 heterocycles. The van der Waals surface area contributed by atoms with Gasteiger partial charge >= 0.3 is 5.97 Å². The first-order valence-corrected chi connectivity index (χ1v) is 5.87. The summed E-state index contributed by atoms with van der Waals surface area (Å²) in [5.74, 6) is -0.462. The number of hydrogen-bond acceptors (Lipinski definition) is 4. The zero-order chi connectivity index (χ0) is 13.9. The second kappa shape index (κ2) is 5.08. The second-order valence-corrected chi connectivity index (χ2v) is 4.26. The number of hydrogen-bond donors (Lipinski definition) is 2. The van der Waals surface area contributed by atoms with E-state index >= 15 is 0 Å².